The van der Waals surface area contributed by atoms with Gasteiger partial charge in [-0.05, 0) is 33.8 Å². The van der Waals surface area contributed by atoms with E-state index in [0.717, 1.165) is 16.9 Å². The standard InChI is InChI=1S/C8H12.C6H10N.2C2H6/c1-7(2)5-6-8(3)4;1-4-5-6(2)7-3;2*1-2/h5-6H,1,3H2,2,4H3;4-5H,3H2,1-2H3;2*1-2H3/b6-5+;5-4+,7-6?;;. The van der Waals surface area contributed by atoms with Gasteiger partial charge in [-0.3, -0.25) is 4.99 Å². The highest BCUT2D eigenvalue weighted by Gasteiger charge is 1.73. The number of nitrogens with zero attached hydrogens (tertiary/aromatic N) is 1. The smallest absolute Gasteiger partial charge is 0.0588 e. The molecule has 0 aliphatic carbocycles. The van der Waals surface area contributed by atoms with Crippen LogP contribution < -0.4 is 0 Å². The molecule has 0 amide bonds. The molecule has 0 heterocycles. The second-order valence-corrected chi connectivity index (χ2v) is 3.33. The zero-order chi connectivity index (χ0) is 16.3. The minimum atomic E-state index is 0.961. The summed E-state index contributed by atoms with van der Waals surface area (Å²) in [4.78, 5) is 3.66. The second-order valence-electron chi connectivity index (χ2n) is 3.33. The van der Waals surface area contributed by atoms with Gasteiger partial charge in [-0.2, -0.15) is 0 Å². The van der Waals surface area contributed by atoms with Gasteiger partial charge in [-0.1, -0.05) is 70.2 Å². The largest absolute Gasteiger partial charge is 0.288 e. The lowest BCUT2D eigenvalue weighted by Crippen LogP contribution is -1.78. The van der Waals surface area contributed by atoms with Crippen LogP contribution in [0.5, 0.6) is 0 Å². The first-order valence-corrected chi connectivity index (χ1v) is 6.86. The van der Waals surface area contributed by atoms with Gasteiger partial charge in [-0.15, -0.1) is 0 Å². The lowest BCUT2D eigenvalue weighted by Gasteiger charge is -1.84. The number of aliphatic imine (C=N–C) groups is 1. The molecule has 1 radical (unpaired) electrons. The summed E-state index contributed by atoms with van der Waals surface area (Å²) < 4.78 is 0. The first-order chi connectivity index (χ1) is 8.93. The van der Waals surface area contributed by atoms with Crippen molar-refractivity contribution in [2.75, 3.05) is 0 Å². The van der Waals surface area contributed by atoms with Gasteiger partial charge < -0.3 is 0 Å². The topological polar surface area (TPSA) is 12.4 Å². The predicted octanol–water partition coefficient (Wildman–Crippen LogP) is 6.56. The molecule has 0 atom stereocenters. The van der Waals surface area contributed by atoms with Crippen LogP contribution in [0.4, 0.5) is 0 Å². The minimum Gasteiger partial charge on any atom is -0.288 e. The maximum Gasteiger partial charge on any atom is 0.0588 e. The predicted molar refractivity (Wildman–Crippen MR) is 94.7 cm³/mol. The van der Waals surface area contributed by atoms with Crippen molar-refractivity contribution < 1.29 is 0 Å². The highest BCUT2D eigenvalue weighted by atomic mass is 14.7. The Labute approximate surface area is 122 Å². The minimum absolute atomic E-state index is 0.961. The summed E-state index contributed by atoms with van der Waals surface area (Å²) in [6.07, 6.45) is 7.74. The van der Waals surface area contributed by atoms with E-state index in [1.807, 2.05) is 79.7 Å². The molecule has 0 N–H and O–H groups in total. The summed E-state index contributed by atoms with van der Waals surface area (Å²) in [5.41, 5.74) is 3.09. The van der Waals surface area contributed by atoms with Gasteiger partial charge in [0.15, 0.2) is 0 Å². The molecule has 0 aromatic heterocycles. The zero-order valence-corrected chi connectivity index (χ0v) is 14.4. The Morgan fingerprint density at radius 2 is 1.11 bits per heavy atom. The zero-order valence-electron chi connectivity index (χ0n) is 14.4. The molecule has 0 spiro atoms. The molecule has 111 valence electrons. The number of allylic oxidation sites excluding steroid dienone is 6. The molecule has 1 heteroatoms. The maximum atomic E-state index is 3.70. The highest BCUT2D eigenvalue weighted by Crippen LogP contribution is 1.94. The fraction of sp³-hybridized carbons (Fsp3) is 0.444. The van der Waals surface area contributed by atoms with Crippen LogP contribution in [0.2, 0.25) is 0 Å². The summed E-state index contributed by atoms with van der Waals surface area (Å²) in [5.74, 6) is 0. The van der Waals surface area contributed by atoms with Crippen LogP contribution in [-0.2, 0) is 0 Å². The third-order valence-electron chi connectivity index (χ3n) is 1.31. The van der Waals surface area contributed by atoms with Crippen molar-refractivity contribution in [3.05, 3.63) is 55.7 Å². The molecular formula is C18H34N. The Kier molecular flexibility index (Phi) is 35.2. The van der Waals surface area contributed by atoms with Crippen molar-refractivity contribution in [3.63, 3.8) is 0 Å². The van der Waals surface area contributed by atoms with E-state index in [0.29, 0.717) is 0 Å². The monoisotopic (exact) mass is 264 g/mol. The van der Waals surface area contributed by atoms with Gasteiger partial charge in [0.05, 0.1) is 7.05 Å². The van der Waals surface area contributed by atoms with Crippen molar-refractivity contribution in [2.24, 2.45) is 4.99 Å². The van der Waals surface area contributed by atoms with E-state index in [1.165, 1.54) is 0 Å². The van der Waals surface area contributed by atoms with E-state index >= 15 is 0 Å². The number of hydrogen-bond donors (Lipinski definition) is 0. The van der Waals surface area contributed by atoms with E-state index in [1.54, 1.807) is 0 Å². The number of hydrogen-bond acceptors (Lipinski definition) is 1. The van der Waals surface area contributed by atoms with Crippen LogP contribution in [0.25, 0.3) is 0 Å². The molecule has 0 bridgehead atoms. The van der Waals surface area contributed by atoms with Gasteiger partial charge in [-0.25, -0.2) is 0 Å². The van der Waals surface area contributed by atoms with Crippen LogP contribution in [0.15, 0.2) is 53.6 Å². The lowest BCUT2D eigenvalue weighted by molar-refractivity contribution is 1.50. The third-order valence-corrected chi connectivity index (χ3v) is 1.31. The van der Waals surface area contributed by atoms with Crippen LogP contribution in [-0.4, -0.2) is 5.71 Å². The number of rotatable bonds is 3. The van der Waals surface area contributed by atoms with E-state index < -0.39 is 0 Å². The summed E-state index contributed by atoms with van der Waals surface area (Å²) in [6, 6.07) is 0. The van der Waals surface area contributed by atoms with Crippen molar-refractivity contribution in [1.29, 1.82) is 0 Å². The van der Waals surface area contributed by atoms with Gasteiger partial charge in [0.25, 0.3) is 0 Å². The van der Waals surface area contributed by atoms with Crippen LogP contribution in [0.3, 0.4) is 0 Å². The molecule has 0 unspecified atom stereocenters. The molecular weight excluding hydrogens is 230 g/mol. The average Bonchev–Trinajstić information content (AvgIpc) is 2.42. The van der Waals surface area contributed by atoms with Crippen molar-refractivity contribution in [1.82, 2.24) is 0 Å². The first kappa shape index (κ1) is 26.2. The normalized spacial score (nSPS) is 9.63. The molecule has 0 saturated carbocycles. The molecule has 0 aromatic rings. The summed E-state index contributed by atoms with van der Waals surface area (Å²) >= 11 is 0. The van der Waals surface area contributed by atoms with Crippen molar-refractivity contribution >= 4 is 5.71 Å². The molecule has 0 saturated heterocycles. The fourth-order valence-corrected chi connectivity index (χ4v) is 0.578. The average molecular weight is 264 g/mol. The van der Waals surface area contributed by atoms with Crippen LogP contribution in [0.1, 0.15) is 55.4 Å². The fourth-order valence-electron chi connectivity index (χ4n) is 0.578. The SMILES string of the molecule is C=C(C)/C=C/C(=C)C.CC.CC.[CH2]N=C(C)/C=C/C. The van der Waals surface area contributed by atoms with Crippen molar-refractivity contribution in [3.8, 4) is 0 Å². The molecule has 0 fully saturated rings. The van der Waals surface area contributed by atoms with Gasteiger partial charge >= 0.3 is 0 Å². The Hall–Kier alpha value is -1.37. The Morgan fingerprint density at radius 1 is 0.789 bits per heavy atom. The van der Waals surface area contributed by atoms with Gasteiger partial charge in [0.2, 0.25) is 0 Å². The summed E-state index contributed by atoms with van der Waals surface area (Å²) in [5, 5.41) is 0. The van der Waals surface area contributed by atoms with E-state index in [-0.39, 0.29) is 0 Å². The molecule has 0 rings (SSSR count). The van der Waals surface area contributed by atoms with Gasteiger partial charge in [0.1, 0.15) is 0 Å². The quantitative estimate of drug-likeness (QED) is 0.404. The third kappa shape index (κ3) is 47.8. The highest BCUT2D eigenvalue weighted by molar-refractivity contribution is 5.92. The van der Waals surface area contributed by atoms with E-state index in [4.69, 9.17) is 0 Å². The van der Waals surface area contributed by atoms with Crippen LogP contribution >= 0.6 is 0 Å². The van der Waals surface area contributed by atoms with E-state index in [2.05, 4.69) is 25.2 Å². The molecule has 0 aliphatic heterocycles. The molecule has 0 aromatic carbocycles. The lowest BCUT2D eigenvalue weighted by atomic mass is 10.2. The Morgan fingerprint density at radius 3 is 1.21 bits per heavy atom. The van der Waals surface area contributed by atoms with Gasteiger partial charge in [0, 0.05) is 5.71 Å². The molecule has 1 nitrogen and oxygen atoms in total. The second kappa shape index (κ2) is 25.5. The van der Waals surface area contributed by atoms with Crippen LogP contribution in [0, 0.1) is 7.05 Å². The molecule has 19 heavy (non-hydrogen) atoms. The van der Waals surface area contributed by atoms with Crippen molar-refractivity contribution in [2.45, 2.75) is 55.4 Å². The van der Waals surface area contributed by atoms with E-state index in [9.17, 15) is 0 Å². The summed E-state index contributed by atoms with van der Waals surface area (Å²) in [6.45, 7) is 23.2. The Bertz CT molecular complexity index is 262. The first-order valence-electron chi connectivity index (χ1n) is 6.86. The Balaban J connectivity index is -0.0000000941. The molecule has 0 aliphatic rings. The maximum absolute atomic E-state index is 3.70. The summed E-state index contributed by atoms with van der Waals surface area (Å²) in [7, 11) is 3.34.